The maximum absolute atomic E-state index is 5.62. The van der Waals surface area contributed by atoms with Crippen LogP contribution < -0.4 is 9.47 Å². The van der Waals surface area contributed by atoms with Crippen molar-refractivity contribution < 1.29 is 9.47 Å². The predicted molar refractivity (Wildman–Crippen MR) is 88.0 cm³/mol. The second kappa shape index (κ2) is 9.35. The van der Waals surface area contributed by atoms with Gasteiger partial charge in [0.1, 0.15) is 22.6 Å². The fourth-order valence-corrected chi connectivity index (χ4v) is 2.80. The molecule has 0 aliphatic carbocycles. The number of ether oxygens (including phenoxy) is 2. The third kappa shape index (κ3) is 6.58. The van der Waals surface area contributed by atoms with Crippen molar-refractivity contribution in [3.05, 3.63) is 31.6 Å². The van der Waals surface area contributed by atoms with Gasteiger partial charge in [0, 0.05) is 5.88 Å². The summed E-state index contributed by atoms with van der Waals surface area (Å²) < 4.78 is 12.9. The molecule has 0 amide bonds. The summed E-state index contributed by atoms with van der Waals surface area (Å²) in [7, 11) is 0. The van der Waals surface area contributed by atoms with Crippen molar-refractivity contribution in [2.45, 2.75) is 6.42 Å². The minimum absolute atomic E-state index is 0.180. The van der Waals surface area contributed by atoms with Gasteiger partial charge in [0.25, 0.3) is 0 Å². The molecule has 0 saturated heterocycles. The summed E-state index contributed by atoms with van der Waals surface area (Å²) in [5.41, 5.74) is 0. The van der Waals surface area contributed by atoms with Crippen molar-refractivity contribution >= 4 is 66.7 Å². The zero-order chi connectivity index (χ0) is 14.3. The van der Waals surface area contributed by atoms with Crippen LogP contribution in [0.1, 0.15) is 6.42 Å². The van der Waals surface area contributed by atoms with E-state index in [1.54, 1.807) is 6.08 Å². The third-order valence-corrected chi connectivity index (χ3v) is 3.74. The first-order valence-electron chi connectivity index (χ1n) is 5.36. The van der Waals surface area contributed by atoms with Crippen LogP contribution in [0.2, 0.25) is 0 Å². The van der Waals surface area contributed by atoms with Gasteiger partial charge in [0.15, 0.2) is 0 Å². The average Bonchev–Trinajstić information content (AvgIpc) is 2.32. The summed E-state index contributed by atoms with van der Waals surface area (Å²) in [4.78, 5) is 0. The van der Waals surface area contributed by atoms with Gasteiger partial charge in [0.05, 0.1) is 15.6 Å². The molecule has 0 heterocycles. The molecule has 0 aliphatic heterocycles. The van der Waals surface area contributed by atoms with Crippen molar-refractivity contribution in [3.8, 4) is 11.5 Å². The van der Waals surface area contributed by atoms with Crippen LogP contribution in [0, 0.1) is 0 Å². The Balaban J connectivity index is 2.70. The molecule has 19 heavy (non-hydrogen) atoms. The Bertz CT molecular complexity index is 426. The summed E-state index contributed by atoms with van der Waals surface area (Å²) in [6.07, 6.45) is 2.35. The fourth-order valence-electron chi connectivity index (χ4n) is 1.19. The molecule has 2 nitrogen and oxygen atoms in total. The molecule has 0 spiro atoms. The quantitative estimate of drug-likeness (QED) is 0.377. The number of halogens is 5. The highest BCUT2D eigenvalue weighted by Crippen LogP contribution is 2.37. The van der Waals surface area contributed by atoms with Crippen LogP contribution in [0.4, 0.5) is 0 Å². The van der Waals surface area contributed by atoms with Crippen LogP contribution in [-0.2, 0) is 0 Å². The van der Waals surface area contributed by atoms with Crippen molar-refractivity contribution in [1.29, 1.82) is 0 Å². The van der Waals surface area contributed by atoms with Crippen molar-refractivity contribution in [2.75, 3.05) is 19.1 Å². The molecule has 7 heteroatoms. The average molecular weight is 453 g/mol. The number of alkyl halides is 1. The van der Waals surface area contributed by atoms with Crippen LogP contribution in [0.5, 0.6) is 11.5 Å². The van der Waals surface area contributed by atoms with E-state index in [-0.39, 0.29) is 4.49 Å². The molecular formula is C12H11Br2Cl3O2. The SMILES string of the molecule is ClCCCOc1c(Br)cc(OCC=C(Cl)Cl)cc1Br. The Kier molecular flexibility index (Phi) is 8.58. The fraction of sp³-hybridized carbons (Fsp3) is 0.333. The maximum Gasteiger partial charge on any atom is 0.147 e. The van der Waals surface area contributed by atoms with E-state index in [0.717, 1.165) is 21.1 Å². The second-order valence-corrected chi connectivity index (χ2v) is 6.51. The van der Waals surface area contributed by atoms with Gasteiger partial charge in [-0.1, -0.05) is 23.2 Å². The Morgan fingerprint density at radius 1 is 1.16 bits per heavy atom. The molecule has 0 aliphatic rings. The zero-order valence-corrected chi connectivity index (χ0v) is 15.2. The molecule has 0 radical (unpaired) electrons. The van der Waals surface area contributed by atoms with Gasteiger partial charge in [-0.15, -0.1) is 11.6 Å². The second-order valence-electron chi connectivity index (χ2n) is 3.41. The highest BCUT2D eigenvalue weighted by atomic mass is 79.9. The van der Waals surface area contributed by atoms with Crippen LogP contribution in [-0.4, -0.2) is 19.1 Å². The molecule has 1 rings (SSSR count). The van der Waals surface area contributed by atoms with Gasteiger partial charge >= 0.3 is 0 Å². The van der Waals surface area contributed by atoms with E-state index in [4.69, 9.17) is 44.3 Å². The number of benzene rings is 1. The standard InChI is InChI=1S/C12H11Br2Cl3O2/c13-9-6-8(18-5-2-11(16)17)7-10(14)12(9)19-4-1-3-15/h2,6-7H,1,3-5H2. The number of rotatable bonds is 7. The summed E-state index contributed by atoms with van der Waals surface area (Å²) in [5.74, 6) is 1.97. The van der Waals surface area contributed by atoms with E-state index in [9.17, 15) is 0 Å². The van der Waals surface area contributed by atoms with Crippen molar-refractivity contribution in [1.82, 2.24) is 0 Å². The highest BCUT2D eigenvalue weighted by molar-refractivity contribution is 9.11. The molecule has 0 fully saturated rings. The van der Waals surface area contributed by atoms with Gasteiger partial charge in [-0.25, -0.2) is 0 Å². The van der Waals surface area contributed by atoms with Gasteiger partial charge in [-0.3, -0.25) is 0 Å². The van der Waals surface area contributed by atoms with E-state index >= 15 is 0 Å². The summed E-state index contributed by atoms with van der Waals surface area (Å²) in [5, 5.41) is 0. The first-order valence-corrected chi connectivity index (χ1v) is 8.24. The van der Waals surface area contributed by atoms with Crippen LogP contribution >= 0.6 is 66.7 Å². The molecule has 1 aromatic rings. The zero-order valence-electron chi connectivity index (χ0n) is 9.77. The topological polar surface area (TPSA) is 18.5 Å². The summed E-state index contributed by atoms with van der Waals surface area (Å²) in [6.45, 7) is 0.860. The maximum atomic E-state index is 5.62. The van der Waals surface area contributed by atoms with E-state index < -0.39 is 0 Å². The van der Waals surface area contributed by atoms with Gasteiger partial charge in [0.2, 0.25) is 0 Å². The number of hydrogen-bond acceptors (Lipinski definition) is 2. The first kappa shape index (κ1) is 17.4. The monoisotopic (exact) mass is 450 g/mol. The van der Waals surface area contributed by atoms with Crippen LogP contribution in [0.25, 0.3) is 0 Å². The van der Waals surface area contributed by atoms with Crippen LogP contribution in [0.15, 0.2) is 31.6 Å². The minimum atomic E-state index is 0.180. The normalized spacial score (nSPS) is 10.2. The smallest absolute Gasteiger partial charge is 0.147 e. The van der Waals surface area contributed by atoms with E-state index in [1.165, 1.54) is 0 Å². The lowest BCUT2D eigenvalue weighted by Crippen LogP contribution is -2.00. The Morgan fingerprint density at radius 2 is 1.79 bits per heavy atom. The molecule has 0 aromatic heterocycles. The minimum Gasteiger partial charge on any atom is -0.491 e. The Labute approximate surface area is 144 Å². The molecule has 0 bridgehead atoms. The van der Waals surface area contributed by atoms with Gasteiger partial charge < -0.3 is 9.47 Å². The lowest BCUT2D eigenvalue weighted by atomic mass is 10.3. The third-order valence-electron chi connectivity index (χ3n) is 1.98. The molecule has 0 unspecified atom stereocenters. The molecule has 1 aromatic carbocycles. The molecule has 0 atom stereocenters. The lowest BCUT2D eigenvalue weighted by molar-refractivity contribution is 0.312. The summed E-state index contributed by atoms with van der Waals surface area (Å²) >= 11 is 23.5. The van der Waals surface area contributed by atoms with Crippen molar-refractivity contribution in [3.63, 3.8) is 0 Å². The van der Waals surface area contributed by atoms with Crippen molar-refractivity contribution in [2.24, 2.45) is 0 Å². The molecular weight excluding hydrogens is 442 g/mol. The summed E-state index contributed by atoms with van der Waals surface area (Å²) in [6, 6.07) is 3.63. The lowest BCUT2D eigenvalue weighted by Gasteiger charge is -2.12. The van der Waals surface area contributed by atoms with E-state index in [0.29, 0.717) is 24.8 Å². The Hall–Kier alpha value is 0.390. The van der Waals surface area contributed by atoms with E-state index in [1.807, 2.05) is 12.1 Å². The van der Waals surface area contributed by atoms with Gasteiger partial charge in [-0.2, -0.15) is 0 Å². The first-order chi connectivity index (χ1) is 9.04. The molecule has 0 N–H and O–H groups in total. The Morgan fingerprint density at radius 3 is 2.32 bits per heavy atom. The largest absolute Gasteiger partial charge is 0.491 e. The number of hydrogen-bond donors (Lipinski definition) is 0. The highest BCUT2D eigenvalue weighted by Gasteiger charge is 2.09. The molecule has 106 valence electrons. The molecule has 0 saturated carbocycles. The van der Waals surface area contributed by atoms with Gasteiger partial charge in [-0.05, 0) is 56.5 Å². The van der Waals surface area contributed by atoms with Crippen LogP contribution in [0.3, 0.4) is 0 Å². The van der Waals surface area contributed by atoms with E-state index in [2.05, 4.69) is 31.9 Å². The predicted octanol–water partition coefficient (Wildman–Crippen LogP) is 5.92.